The van der Waals surface area contributed by atoms with Gasteiger partial charge in [0.25, 0.3) is 0 Å². The summed E-state index contributed by atoms with van der Waals surface area (Å²) in [7, 11) is 1.77. The Balaban J connectivity index is 3.89. The zero-order valence-electron chi connectivity index (χ0n) is 11.2. The number of hydrogen-bond acceptors (Lipinski definition) is 2. The minimum Gasteiger partial charge on any atom is -0.379 e. The van der Waals surface area contributed by atoms with Crippen LogP contribution >= 0.6 is 0 Å². The normalized spacial score (nSPS) is 16.4. The topological polar surface area (TPSA) is 35.2 Å². The van der Waals surface area contributed by atoms with E-state index < -0.39 is 0 Å². The third-order valence-corrected chi connectivity index (χ3v) is 2.89. The molecule has 2 unspecified atom stereocenters. The van der Waals surface area contributed by atoms with Gasteiger partial charge >= 0.3 is 0 Å². The molecule has 0 aromatic heterocycles. The van der Waals surface area contributed by atoms with Crippen LogP contribution < -0.4 is 5.73 Å². The highest BCUT2D eigenvalue weighted by molar-refractivity contribution is 4.83. The molecule has 0 amide bonds. The molecule has 0 aromatic rings. The first kappa shape index (κ1) is 14.9. The highest BCUT2D eigenvalue weighted by Gasteiger charge is 2.29. The van der Waals surface area contributed by atoms with Crippen LogP contribution in [0.4, 0.5) is 0 Å². The lowest BCUT2D eigenvalue weighted by Gasteiger charge is -2.34. The molecular weight excluding hydrogens is 186 g/mol. The molecular formula is C13H29NO. The van der Waals surface area contributed by atoms with Crippen molar-refractivity contribution >= 4 is 0 Å². The maximum atomic E-state index is 6.17. The molecule has 0 spiro atoms. The maximum absolute atomic E-state index is 6.17. The third-order valence-electron chi connectivity index (χ3n) is 2.89. The molecule has 2 atom stereocenters. The molecule has 0 radical (unpaired) electrons. The van der Waals surface area contributed by atoms with Gasteiger partial charge in [0.2, 0.25) is 0 Å². The Kier molecular flexibility index (Phi) is 7.20. The highest BCUT2D eigenvalue weighted by Crippen LogP contribution is 2.25. The quantitative estimate of drug-likeness (QED) is 0.661. The van der Waals surface area contributed by atoms with Crippen LogP contribution in [-0.2, 0) is 4.74 Å². The summed E-state index contributed by atoms with van der Waals surface area (Å²) >= 11 is 0. The van der Waals surface area contributed by atoms with Crippen LogP contribution in [0.25, 0.3) is 0 Å². The van der Waals surface area contributed by atoms with Gasteiger partial charge in [-0.15, -0.1) is 0 Å². The van der Waals surface area contributed by atoms with Crippen molar-refractivity contribution in [3.8, 4) is 0 Å². The molecule has 2 N–H and O–H groups in total. The van der Waals surface area contributed by atoms with Crippen LogP contribution in [0.3, 0.4) is 0 Å². The SMILES string of the molecule is CCCCCCC(N)C(OC)C(C)(C)C. The van der Waals surface area contributed by atoms with Crippen LogP contribution in [-0.4, -0.2) is 19.3 Å². The van der Waals surface area contributed by atoms with Crippen LogP contribution in [0.1, 0.15) is 59.8 Å². The van der Waals surface area contributed by atoms with Gasteiger partial charge in [-0.05, 0) is 11.8 Å². The molecule has 0 saturated heterocycles. The van der Waals surface area contributed by atoms with Gasteiger partial charge in [-0.1, -0.05) is 53.4 Å². The fourth-order valence-corrected chi connectivity index (χ4v) is 2.13. The Morgan fingerprint density at radius 3 is 2.13 bits per heavy atom. The van der Waals surface area contributed by atoms with E-state index in [1.54, 1.807) is 7.11 Å². The molecule has 0 aliphatic rings. The second-order valence-corrected chi connectivity index (χ2v) is 5.54. The largest absolute Gasteiger partial charge is 0.379 e. The van der Waals surface area contributed by atoms with Crippen molar-refractivity contribution in [3.63, 3.8) is 0 Å². The Morgan fingerprint density at radius 1 is 1.13 bits per heavy atom. The minimum absolute atomic E-state index is 0.138. The summed E-state index contributed by atoms with van der Waals surface area (Å²) in [4.78, 5) is 0. The lowest BCUT2D eigenvalue weighted by Crippen LogP contribution is -2.44. The Bertz CT molecular complexity index is 151. The Hall–Kier alpha value is -0.0800. The smallest absolute Gasteiger partial charge is 0.0770 e. The Morgan fingerprint density at radius 2 is 1.73 bits per heavy atom. The summed E-state index contributed by atoms with van der Waals surface area (Å²) < 4.78 is 5.51. The average Bonchev–Trinajstić information content (AvgIpc) is 2.11. The number of hydrogen-bond donors (Lipinski definition) is 1. The van der Waals surface area contributed by atoms with Crippen molar-refractivity contribution in [2.45, 2.75) is 71.9 Å². The van der Waals surface area contributed by atoms with E-state index in [4.69, 9.17) is 10.5 Å². The molecule has 0 fully saturated rings. The molecule has 0 aliphatic heterocycles. The van der Waals surface area contributed by atoms with Crippen molar-refractivity contribution in [1.29, 1.82) is 0 Å². The monoisotopic (exact) mass is 215 g/mol. The lowest BCUT2D eigenvalue weighted by atomic mass is 9.83. The summed E-state index contributed by atoms with van der Waals surface area (Å²) in [6, 6.07) is 0.173. The van der Waals surface area contributed by atoms with Crippen LogP contribution in [0.15, 0.2) is 0 Å². The van der Waals surface area contributed by atoms with Crippen molar-refractivity contribution in [2.75, 3.05) is 7.11 Å². The maximum Gasteiger partial charge on any atom is 0.0770 e. The van der Waals surface area contributed by atoms with Gasteiger partial charge in [-0.3, -0.25) is 0 Å². The van der Waals surface area contributed by atoms with Crippen LogP contribution in [0, 0.1) is 5.41 Å². The summed E-state index contributed by atoms with van der Waals surface area (Å²) in [5, 5.41) is 0. The number of rotatable bonds is 7. The molecule has 2 nitrogen and oxygen atoms in total. The molecule has 0 aliphatic carbocycles. The molecule has 2 heteroatoms. The van der Waals surface area contributed by atoms with E-state index in [1.165, 1.54) is 25.7 Å². The van der Waals surface area contributed by atoms with Crippen molar-refractivity contribution in [2.24, 2.45) is 11.1 Å². The number of nitrogens with two attached hydrogens (primary N) is 1. The molecule has 15 heavy (non-hydrogen) atoms. The van der Waals surface area contributed by atoms with E-state index in [1.807, 2.05) is 0 Å². The summed E-state index contributed by atoms with van der Waals surface area (Å²) in [5.41, 5.74) is 6.31. The van der Waals surface area contributed by atoms with E-state index in [9.17, 15) is 0 Å². The van der Waals surface area contributed by atoms with E-state index in [-0.39, 0.29) is 17.6 Å². The summed E-state index contributed by atoms with van der Waals surface area (Å²) in [5.74, 6) is 0. The molecule has 92 valence electrons. The van der Waals surface area contributed by atoms with Gasteiger partial charge in [-0.2, -0.15) is 0 Å². The predicted octanol–water partition coefficient (Wildman–Crippen LogP) is 3.35. The van der Waals surface area contributed by atoms with E-state index >= 15 is 0 Å². The third kappa shape index (κ3) is 6.16. The standard InChI is InChI=1S/C13H29NO/c1-6-7-8-9-10-11(14)12(15-5)13(2,3)4/h11-12H,6-10,14H2,1-5H3. The fourth-order valence-electron chi connectivity index (χ4n) is 2.13. The van der Waals surface area contributed by atoms with Crippen molar-refractivity contribution in [1.82, 2.24) is 0 Å². The van der Waals surface area contributed by atoms with E-state index in [0.717, 1.165) is 6.42 Å². The number of unbranched alkanes of at least 4 members (excludes halogenated alkanes) is 3. The van der Waals surface area contributed by atoms with Crippen LogP contribution in [0.5, 0.6) is 0 Å². The van der Waals surface area contributed by atoms with Crippen molar-refractivity contribution in [3.05, 3.63) is 0 Å². The molecule has 0 rings (SSSR count). The molecule has 0 heterocycles. The van der Waals surface area contributed by atoms with Gasteiger partial charge in [0.15, 0.2) is 0 Å². The van der Waals surface area contributed by atoms with Crippen LogP contribution in [0.2, 0.25) is 0 Å². The van der Waals surface area contributed by atoms with Gasteiger partial charge < -0.3 is 10.5 Å². The van der Waals surface area contributed by atoms with Gasteiger partial charge in [0, 0.05) is 13.2 Å². The van der Waals surface area contributed by atoms with E-state index in [2.05, 4.69) is 27.7 Å². The molecule has 0 saturated carbocycles. The minimum atomic E-state index is 0.138. The van der Waals surface area contributed by atoms with Gasteiger partial charge in [0.05, 0.1) is 6.10 Å². The zero-order valence-corrected chi connectivity index (χ0v) is 11.2. The average molecular weight is 215 g/mol. The van der Waals surface area contributed by atoms with Gasteiger partial charge in [-0.25, -0.2) is 0 Å². The number of ether oxygens (including phenoxy) is 1. The Labute approximate surface area is 95.6 Å². The van der Waals surface area contributed by atoms with Crippen molar-refractivity contribution < 1.29 is 4.74 Å². The second kappa shape index (κ2) is 7.24. The lowest BCUT2D eigenvalue weighted by molar-refractivity contribution is -0.00407. The molecule has 0 aromatic carbocycles. The predicted molar refractivity (Wildman–Crippen MR) is 67.0 cm³/mol. The van der Waals surface area contributed by atoms with Gasteiger partial charge in [0.1, 0.15) is 0 Å². The highest BCUT2D eigenvalue weighted by atomic mass is 16.5. The molecule has 0 bridgehead atoms. The second-order valence-electron chi connectivity index (χ2n) is 5.54. The first-order valence-corrected chi connectivity index (χ1v) is 6.21. The first-order chi connectivity index (χ1) is 6.93. The number of methoxy groups -OCH3 is 1. The summed E-state index contributed by atoms with van der Waals surface area (Å²) in [6.45, 7) is 8.79. The zero-order chi connectivity index (χ0) is 11.9. The van der Waals surface area contributed by atoms with E-state index in [0.29, 0.717) is 0 Å². The fraction of sp³-hybridized carbons (Fsp3) is 1.00. The summed E-state index contributed by atoms with van der Waals surface area (Å²) in [6.07, 6.45) is 6.37. The first-order valence-electron chi connectivity index (χ1n) is 6.21.